The molecule has 2 saturated heterocycles. The molecular weight excluding hydrogens is 421 g/mol. The number of benzene rings is 1. The standard InChI is InChI=1S/C23H27F3N4O2/c1-15-20(16(2)30(27-15)19-7-5-6-17(14-19)23(24,25)26)21(31)22(32)29-12-8-18(9-13-29)28-10-3-4-11-28/h5-7,14,18H,3-4,8-13H2,1-2H3. The van der Waals surface area contributed by atoms with Crippen LogP contribution in [-0.4, -0.2) is 63.5 Å². The Hall–Kier alpha value is -2.68. The average Bonchev–Trinajstić information content (AvgIpc) is 3.41. The van der Waals surface area contributed by atoms with E-state index >= 15 is 0 Å². The first kappa shape index (κ1) is 22.5. The predicted octanol–water partition coefficient (Wildman–Crippen LogP) is 3.78. The van der Waals surface area contributed by atoms with Gasteiger partial charge in [-0.2, -0.15) is 18.3 Å². The van der Waals surface area contributed by atoms with Crippen LogP contribution in [0.3, 0.4) is 0 Å². The summed E-state index contributed by atoms with van der Waals surface area (Å²) in [6.45, 7) is 6.46. The molecule has 0 atom stereocenters. The second-order valence-electron chi connectivity index (χ2n) is 8.60. The molecule has 0 aliphatic carbocycles. The number of hydrogen-bond donors (Lipinski definition) is 0. The minimum Gasteiger partial charge on any atom is -0.336 e. The first-order valence-corrected chi connectivity index (χ1v) is 11.0. The Morgan fingerprint density at radius 3 is 2.31 bits per heavy atom. The van der Waals surface area contributed by atoms with Gasteiger partial charge in [-0.15, -0.1) is 0 Å². The number of aryl methyl sites for hydroxylation is 1. The van der Waals surface area contributed by atoms with Crippen molar-refractivity contribution in [2.75, 3.05) is 26.2 Å². The smallest absolute Gasteiger partial charge is 0.336 e. The summed E-state index contributed by atoms with van der Waals surface area (Å²) >= 11 is 0. The highest BCUT2D eigenvalue weighted by Crippen LogP contribution is 2.31. The number of rotatable bonds is 4. The van der Waals surface area contributed by atoms with E-state index in [1.807, 2.05) is 0 Å². The number of carbonyl (C=O) groups excluding carboxylic acids is 2. The molecule has 2 fully saturated rings. The van der Waals surface area contributed by atoms with Crippen molar-refractivity contribution >= 4 is 11.7 Å². The van der Waals surface area contributed by atoms with Gasteiger partial charge in [0.2, 0.25) is 0 Å². The van der Waals surface area contributed by atoms with E-state index in [4.69, 9.17) is 0 Å². The molecule has 1 amide bonds. The lowest BCUT2D eigenvalue weighted by atomic mass is 10.0. The van der Waals surface area contributed by atoms with E-state index in [0.717, 1.165) is 38.1 Å². The fourth-order valence-corrected chi connectivity index (χ4v) is 4.83. The quantitative estimate of drug-likeness (QED) is 0.528. The van der Waals surface area contributed by atoms with E-state index in [1.165, 1.54) is 29.7 Å². The van der Waals surface area contributed by atoms with Crippen molar-refractivity contribution in [3.8, 4) is 5.69 Å². The van der Waals surface area contributed by atoms with E-state index in [9.17, 15) is 22.8 Å². The van der Waals surface area contributed by atoms with Crippen molar-refractivity contribution in [2.24, 2.45) is 0 Å². The minimum absolute atomic E-state index is 0.161. The molecule has 9 heteroatoms. The molecule has 0 unspecified atom stereocenters. The fraction of sp³-hybridized carbons (Fsp3) is 0.522. The van der Waals surface area contributed by atoms with Gasteiger partial charge in [0.05, 0.1) is 28.2 Å². The van der Waals surface area contributed by atoms with Gasteiger partial charge in [-0.3, -0.25) is 9.59 Å². The largest absolute Gasteiger partial charge is 0.416 e. The second kappa shape index (κ2) is 8.69. The molecule has 3 heterocycles. The number of alkyl halides is 3. The molecule has 0 spiro atoms. The van der Waals surface area contributed by atoms with Crippen molar-refractivity contribution in [3.05, 3.63) is 46.8 Å². The van der Waals surface area contributed by atoms with Crippen LogP contribution in [0.25, 0.3) is 5.69 Å². The summed E-state index contributed by atoms with van der Waals surface area (Å²) in [5, 5.41) is 4.27. The van der Waals surface area contributed by atoms with Gasteiger partial charge in [-0.1, -0.05) is 6.07 Å². The van der Waals surface area contributed by atoms with E-state index in [-0.39, 0.29) is 11.3 Å². The molecular formula is C23H27F3N4O2. The van der Waals surface area contributed by atoms with Crippen molar-refractivity contribution in [1.29, 1.82) is 0 Å². The van der Waals surface area contributed by atoms with Gasteiger partial charge in [-0.05, 0) is 70.8 Å². The Balaban J connectivity index is 1.51. The highest BCUT2D eigenvalue weighted by molar-refractivity contribution is 6.43. The lowest BCUT2D eigenvalue weighted by Crippen LogP contribution is -2.47. The predicted molar refractivity (Wildman–Crippen MR) is 113 cm³/mol. The van der Waals surface area contributed by atoms with Gasteiger partial charge >= 0.3 is 6.18 Å². The van der Waals surface area contributed by atoms with E-state index in [2.05, 4.69) is 10.00 Å². The van der Waals surface area contributed by atoms with Gasteiger partial charge in [0.15, 0.2) is 0 Å². The van der Waals surface area contributed by atoms with E-state index in [0.29, 0.717) is 30.5 Å². The SMILES string of the molecule is Cc1nn(-c2cccc(C(F)(F)F)c2)c(C)c1C(=O)C(=O)N1CCC(N2CCCC2)CC1. The molecule has 172 valence electrons. The van der Waals surface area contributed by atoms with Gasteiger partial charge in [0, 0.05) is 19.1 Å². The molecule has 0 N–H and O–H groups in total. The monoisotopic (exact) mass is 448 g/mol. The van der Waals surface area contributed by atoms with Crippen LogP contribution in [0.1, 0.15) is 53.0 Å². The summed E-state index contributed by atoms with van der Waals surface area (Å²) in [5.74, 6) is -1.22. The number of amides is 1. The Kier molecular flexibility index (Phi) is 6.11. The van der Waals surface area contributed by atoms with E-state index in [1.54, 1.807) is 18.7 Å². The number of Topliss-reactive ketones (excluding diaryl/α,β-unsaturated/α-hetero) is 1. The summed E-state index contributed by atoms with van der Waals surface area (Å²) in [4.78, 5) is 30.1. The van der Waals surface area contributed by atoms with Crippen molar-refractivity contribution in [1.82, 2.24) is 19.6 Å². The Morgan fingerprint density at radius 2 is 1.69 bits per heavy atom. The lowest BCUT2D eigenvalue weighted by Gasteiger charge is -2.36. The van der Waals surface area contributed by atoms with Crippen LogP contribution < -0.4 is 0 Å². The zero-order valence-electron chi connectivity index (χ0n) is 18.3. The molecule has 0 saturated carbocycles. The molecule has 0 bridgehead atoms. The number of aromatic nitrogens is 2. The number of ketones is 1. The molecule has 6 nitrogen and oxygen atoms in total. The fourth-order valence-electron chi connectivity index (χ4n) is 4.83. The second-order valence-corrected chi connectivity index (χ2v) is 8.60. The van der Waals surface area contributed by atoms with Crippen molar-refractivity contribution in [3.63, 3.8) is 0 Å². The number of piperidine rings is 1. The van der Waals surface area contributed by atoms with Gasteiger partial charge in [0.1, 0.15) is 0 Å². The number of hydrogen-bond acceptors (Lipinski definition) is 4. The maximum atomic E-state index is 13.1. The van der Waals surface area contributed by atoms with Crippen molar-refractivity contribution in [2.45, 2.75) is 51.7 Å². The van der Waals surface area contributed by atoms with E-state index < -0.39 is 23.4 Å². The van der Waals surface area contributed by atoms with Crippen LogP contribution in [0.15, 0.2) is 24.3 Å². The number of likely N-dealkylation sites (tertiary alicyclic amines) is 2. The number of nitrogens with zero attached hydrogens (tertiary/aromatic N) is 4. The third-order valence-electron chi connectivity index (χ3n) is 6.54. The first-order chi connectivity index (χ1) is 15.2. The first-order valence-electron chi connectivity index (χ1n) is 11.0. The summed E-state index contributed by atoms with van der Waals surface area (Å²) in [5.41, 5.74) is 0.233. The molecule has 4 rings (SSSR count). The summed E-state index contributed by atoms with van der Waals surface area (Å²) in [6, 6.07) is 5.22. The normalized spacial score (nSPS) is 18.3. The molecule has 2 aliphatic rings. The van der Waals surface area contributed by atoms with Crippen LogP contribution in [0.5, 0.6) is 0 Å². The van der Waals surface area contributed by atoms with Crippen LogP contribution in [0.2, 0.25) is 0 Å². The third-order valence-corrected chi connectivity index (χ3v) is 6.54. The number of halogens is 3. The Morgan fingerprint density at radius 1 is 1.03 bits per heavy atom. The average molecular weight is 448 g/mol. The molecule has 1 aromatic heterocycles. The summed E-state index contributed by atoms with van der Waals surface area (Å²) < 4.78 is 40.6. The van der Waals surface area contributed by atoms with Gasteiger partial charge in [0.25, 0.3) is 11.7 Å². The molecule has 0 radical (unpaired) electrons. The molecule has 2 aromatic rings. The molecule has 1 aromatic carbocycles. The molecule has 32 heavy (non-hydrogen) atoms. The van der Waals surface area contributed by atoms with Crippen LogP contribution >= 0.6 is 0 Å². The van der Waals surface area contributed by atoms with Crippen LogP contribution in [-0.2, 0) is 11.0 Å². The highest BCUT2D eigenvalue weighted by Gasteiger charge is 2.34. The highest BCUT2D eigenvalue weighted by atomic mass is 19.4. The third kappa shape index (κ3) is 4.30. The number of carbonyl (C=O) groups is 2. The Labute approximate surface area is 185 Å². The van der Waals surface area contributed by atoms with Gasteiger partial charge < -0.3 is 9.80 Å². The van der Waals surface area contributed by atoms with Gasteiger partial charge in [-0.25, -0.2) is 4.68 Å². The Bertz CT molecular complexity index is 1020. The lowest BCUT2D eigenvalue weighted by molar-refractivity contribution is -0.137. The maximum absolute atomic E-state index is 13.1. The minimum atomic E-state index is -4.48. The van der Waals surface area contributed by atoms with Crippen LogP contribution in [0, 0.1) is 13.8 Å². The van der Waals surface area contributed by atoms with Crippen LogP contribution in [0.4, 0.5) is 13.2 Å². The zero-order chi connectivity index (χ0) is 23.0. The zero-order valence-corrected chi connectivity index (χ0v) is 18.3. The van der Waals surface area contributed by atoms with Crippen molar-refractivity contribution < 1.29 is 22.8 Å². The maximum Gasteiger partial charge on any atom is 0.416 e. The topological polar surface area (TPSA) is 58.4 Å². The summed E-state index contributed by atoms with van der Waals surface area (Å²) in [7, 11) is 0. The molecule has 2 aliphatic heterocycles. The summed E-state index contributed by atoms with van der Waals surface area (Å²) in [6.07, 6.45) is -0.360.